The number of nitrogens with one attached hydrogen (secondary N) is 2. The molecule has 0 bridgehead atoms. The average molecular weight is 318 g/mol. The minimum Gasteiger partial charge on any atom is -0.480 e. The van der Waals surface area contributed by atoms with Gasteiger partial charge in [0.2, 0.25) is 0 Å². The average Bonchev–Trinajstić information content (AvgIpc) is 2.40. The van der Waals surface area contributed by atoms with E-state index in [1.807, 2.05) is 6.26 Å². The second kappa shape index (κ2) is 7.82. The first-order valence-corrected chi connectivity index (χ1v) is 7.49. The highest BCUT2D eigenvalue weighted by Crippen LogP contribution is 2.18. The maximum Gasteiger partial charge on any atom is 0.326 e. The van der Waals surface area contributed by atoms with Crippen LogP contribution in [0.15, 0.2) is 12.1 Å². The van der Waals surface area contributed by atoms with Crippen molar-refractivity contribution in [3.63, 3.8) is 0 Å². The first kappa shape index (κ1) is 17.2. The zero-order chi connectivity index (χ0) is 16.0. The van der Waals surface area contributed by atoms with E-state index in [1.54, 1.807) is 0 Å². The van der Waals surface area contributed by atoms with Crippen LogP contribution in [0.5, 0.6) is 0 Å². The number of benzene rings is 1. The number of hydrogen-bond donors (Lipinski definition) is 3. The Kier molecular flexibility index (Phi) is 6.41. The number of urea groups is 1. The molecule has 3 N–H and O–H groups in total. The molecule has 0 fully saturated rings. The van der Waals surface area contributed by atoms with Crippen LogP contribution < -0.4 is 10.6 Å². The summed E-state index contributed by atoms with van der Waals surface area (Å²) in [7, 11) is 0. The van der Waals surface area contributed by atoms with Gasteiger partial charge in [-0.05, 0) is 37.0 Å². The van der Waals surface area contributed by atoms with E-state index in [0.717, 1.165) is 12.1 Å². The lowest BCUT2D eigenvalue weighted by atomic mass is 10.2. The molecule has 1 rings (SSSR count). The molecule has 0 saturated carbocycles. The second-order valence-electron chi connectivity index (χ2n) is 4.35. The number of halogens is 2. The fourth-order valence-corrected chi connectivity index (χ4v) is 2.02. The van der Waals surface area contributed by atoms with Crippen molar-refractivity contribution in [1.82, 2.24) is 5.32 Å². The van der Waals surface area contributed by atoms with Crippen LogP contribution in [0.1, 0.15) is 12.0 Å². The second-order valence-corrected chi connectivity index (χ2v) is 5.34. The summed E-state index contributed by atoms with van der Waals surface area (Å²) in [5.41, 5.74) is -0.230. The van der Waals surface area contributed by atoms with Crippen LogP contribution in [0.3, 0.4) is 0 Å². The van der Waals surface area contributed by atoms with Crippen LogP contribution in [-0.2, 0) is 4.79 Å². The van der Waals surface area contributed by atoms with Gasteiger partial charge in [-0.3, -0.25) is 0 Å². The fraction of sp³-hybridized carbons (Fsp3) is 0.385. The molecule has 0 aliphatic rings. The van der Waals surface area contributed by atoms with Crippen LogP contribution in [0.2, 0.25) is 0 Å². The van der Waals surface area contributed by atoms with Gasteiger partial charge in [-0.1, -0.05) is 0 Å². The van der Waals surface area contributed by atoms with Gasteiger partial charge in [-0.25, -0.2) is 18.4 Å². The zero-order valence-corrected chi connectivity index (χ0v) is 12.4. The third-order valence-corrected chi connectivity index (χ3v) is 3.35. The largest absolute Gasteiger partial charge is 0.480 e. The summed E-state index contributed by atoms with van der Waals surface area (Å²) in [4.78, 5) is 22.6. The Morgan fingerprint density at radius 3 is 2.57 bits per heavy atom. The number of carbonyl (C=O) groups excluding carboxylic acids is 1. The van der Waals surface area contributed by atoms with E-state index >= 15 is 0 Å². The van der Waals surface area contributed by atoms with Crippen molar-refractivity contribution in [2.75, 3.05) is 17.3 Å². The van der Waals surface area contributed by atoms with Crippen LogP contribution in [-0.4, -0.2) is 35.2 Å². The number of carboxylic acid groups (broad SMARTS) is 1. The van der Waals surface area contributed by atoms with Gasteiger partial charge in [0.25, 0.3) is 0 Å². The molecular weight excluding hydrogens is 302 g/mol. The number of carboxylic acids is 1. The molecule has 0 saturated heterocycles. The van der Waals surface area contributed by atoms with Gasteiger partial charge < -0.3 is 15.7 Å². The molecule has 8 heteroatoms. The smallest absolute Gasteiger partial charge is 0.326 e. The Bertz CT molecular complexity index is 540. The van der Waals surface area contributed by atoms with Crippen molar-refractivity contribution < 1.29 is 23.5 Å². The molecule has 0 unspecified atom stereocenters. The number of aryl methyl sites for hydroxylation is 1. The lowest BCUT2D eigenvalue weighted by Crippen LogP contribution is -2.43. The van der Waals surface area contributed by atoms with E-state index in [9.17, 15) is 18.4 Å². The number of rotatable bonds is 6. The highest BCUT2D eigenvalue weighted by atomic mass is 32.2. The van der Waals surface area contributed by atoms with Crippen molar-refractivity contribution in [2.45, 2.75) is 19.4 Å². The highest BCUT2D eigenvalue weighted by Gasteiger charge is 2.20. The molecule has 0 aromatic heterocycles. The van der Waals surface area contributed by atoms with Crippen LogP contribution in [0, 0.1) is 18.6 Å². The van der Waals surface area contributed by atoms with Gasteiger partial charge in [0, 0.05) is 6.07 Å². The topological polar surface area (TPSA) is 78.4 Å². The maximum atomic E-state index is 13.6. The Hall–Kier alpha value is -1.83. The predicted octanol–water partition coefficient (Wildman–Crippen LogP) is 2.60. The summed E-state index contributed by atoms with van der Waals surface area (Å²) in [5, 5.41) is 13.3. The third kappa shape index (κ3) is 5.22. The maximum absolute atomic E-state index is 13.6. The number of thioether (sulfide) groups is 1. The summed E-state index contributed by atoms with van der Waals surface area (Å²) in [5.74, 6) is -2.09. The quantitative estimate of drug-likeness (QED) is 0.753. The van der Waals surface area contributed by atoms with Crippen LogP contribution >= 0.6 is 11.8 Å². The van der Waals surface area contributed by atoms with Crippen molar-refractivity contribution in [1.29, 1.82) is 0 Å². The van der Waals surface area contributed by atoms with Crippen molar-refractivity contribution in [3.8, 4) is 0 Å². The van der Waals surface area contributed by atoms with Crippen molar-refractivity contribution in [2.24, 2.45) is 0 Å². The molecule has 5 nitrogen and oxygen atoms in total. The molecule has 0 aliphatic carbocycles. The van der Waals surface area contributed by atoms with Gasteiger partial charge in [-0.2, -0.15) is 11.8 Å². The minimum absolute atomic E-state index is 0.113. The van der Waals surface area contributed by atoms with Crippen molar-refractivity contribution in [3.05, 3.63) is 29.3 Å². The number of aliphatic carboxylic acids is 1. The van der Waals surface area contributed by atoms with Gasteiger partial charge in [-0.15, -0.1) is 0 Å². The summed E-state index contributed by atoms with van der Waals surface area (Å²) >= 11 is 1.44. The highest BCUT2D eigenvalue weighted by molar-refractivity contribution is 7.98. The Balaban J connectivity index is 2.72. The lowest BCUT2D eigenvalue weighted by Gasteiger charge is -2.15. The molecule has 2 amide bonds. The Morgan fingerprint density at radius 2 is 2.00 bits per heavy atom. The van der Waals surface area contributed by atoms with Gasteiger partial charge in [0.05, 0.1) is 5.69 Å². The third-order valence-electron chi connectivity index (χ3n) is 2.71. The molecule has 21 heavy (non-hydrogen) atoms. The number of hydrogen-bond acceptors (Lipinski definition) is 3. The first-order valence-electron chi connectivity index (χ1n) is 6.10. The van der Waals surface area contributed by atoms with E-state index in [4.69, 9.17) is 5.11 Å². The van der Waals surface area contributed by atoms with Gasteiger partial charge in [0.1, 0.15) is 17.7 Å². The van der Waals surface area contributed by atoms with Crippen LogP contribution in [0.25, 0.3) is 0 Å². The summed E-state index contributed by atoms with van der Waals surface area (Å²) in [6, 6.07) is -0.184. The van der Waals surface area contributed by atoms with Gasteiger partial charge >= 0.3 is 12.0 Å². The summed E-state index contributed by atoms with van der Waals surface area (Å²) in [6.45, 7) is 1.39. The molecule has 1 aromatic carbocycles. The molecule has 1 atom stereocenters. The normalized spacial score (nSPS) is 11.8. The molecular formula is C13H16F2N2O3S. The van der Waals surface area contributed by atoms with E-state index in [0.29, 0.717) is 5.75 Å². The first-order chi connectivity index (χ1) is 9.85. The SMILES string of the molecule is CSCC[C@@H](NC(=O)Nc1cc(F)c(C)cc1F)C(=O)O. The minimum atomic E-state index is -1.19. The van der Waals surface area contributed by atoms with E-state index in [2.05, 4.69) is 10.6 Å². The van der Waals surface area contributed by atoms with E-state index < -0.39 is 29.7 Å². The van der Waals surface area contributed by atoms with Gasteiger partial charge in [0.15, 0.2) is 0 Å². The molecule has 116 valence electrons. The van der Waals surface area contributed by atoms with Crippen molar-refractivity contribution >= 4 is 29.4 Å². The standard InChI is InChI=1S/C13H16F2N2O3S/c1-7-5-9(15)11(6-8(7)14)17-13(20)16-10(12(18)19)3-4-21-2/h5-6,10H,3-4H2,1-2H3,(H,18,19)(H2,16,17,20)/t10-/m1/s1. The number of anilines is 1. The Morgan fingerprint density at radius 1 is 1.33 bits per heavy atom. The van der Waals surface area contributed by atoms with E-state index in [-0.39, 0.29) is 17.7 Å². The monoisotopic (exact) mass is 318 g/mol. The predicted molar refractivity (Wildman–Crippen MR) is 77.7 cm³/mol. The summed E-state index contributed by atoms with van der Waals surface area (Å²) < 4.78 is 26.9. The molecule has 1 aromatic rings. The molecule has 0 radical (unpaired) electrons. The Labute approximate surface area is 125 Å². The van der Waals surface area contributed by atoms with Crippen LogP contribution in [0.4, 0.5) is 19.3 Å². The zero-order valence-electron chi connectivity index (χ0n) is 11.6. The molecule has 0 spiro atoms. The number of carbonyl (C=O) groups is 2. The summed E-state index contributed by atoms with van der Waals surface area (Å²) in [6.07, 6.45) is 2.04. The molecule has 0 aliphatic heterocycles. The van der Waals surface area contributed by atoms with E-state index in [1.165, 1.54) is 18.7 Å². The molecule has 0 heterocycles. The number of amides is 2. The lowest BCUT2D eigenvalue weighted by molar-refractivity contribution is -0.139. The fourth-order valence-electron chi connectivity index (χ4n) is 1.55.